The fourth-order valence-corrected chi connectivity index (χ4v) is 2.39. The quantitative estimate of drug-likeness (QED) is 0.541. The minimum Gasteiger partial charge on any atom is -0.424 e. The number of aryl methyl sites for hydroxylation is 1. The monoisotopic (exact) mass is 263 g/mol. The van der Waals surface area contributed by atoms with Crippen molar-refractivity contribution in [2.24, 2.45) is 7.05 Å². The zero-order valence-corrected chi connectivity index (χ0v) is 10.4. The van der Waals surface area contributed by atoms with Crippen molar-refractivity contribution in [2.75, 3.05) is 18.0 Å². The highest BCUT2D eigenvalue weighted by Gasteiger charge is 2.21. The van der Waals surface area contributed by atoms with Gasteiger partial charge in [-0.15, -0.1) is 4.73 Å². The molecular formula is C11H13N5O3. The molecule has 1 N–H and O–H groups in total. The van der Waals surface area contributed by atoms with Gasteiger partial charge in [-0.05, 0) is 12.8 Å². The van der Waals surface area contributed by atoms with Gasteiger partial charge in [0.25, 0.3) is 0 Å². The van der Waals surface area contributed by atoms with Crippen molar-refractivity contribution in [1.29, 1.82) is 0 Å². The number of hydrogen-bond donors (Lipinski definition) is 1. The van der Waals surface area contributed by atoms with Gasteiger partial charge in [0.05, 0.1) is 0 Å². The lowest BCUT2D eigenvalue weighted by Crippen LogP contribution is -2.40. The molecule has 2 aromatic heterocycles. The fourth-order valence-electron chi connectivity index (χ4n) is 2.39. The molecule has 0 spiro atoms. The maximum absolute atomic E-state index is 11.7. The molecule has 3 heterocycles. The van der Waals surface area contributed by atoms with Crippen LogP contribution in [0.5, 0.6) is 0 Å². The van der Waals surface area contributed by atoms with Gasteiger partial charge in [0.2, 0.25) is 0 Å². The summed E-state index contributed by atoms with van der Waals surface area (Å²) in [6.45, 7) is 1.62. The predicted octanol–water partition coefficient (Wildman–Crippen LogP) is -0.672. The van der Waals surface area contributed by atoms with Gasteiger partial charge >= 0.3 is 11.1 Å². The Bertz CT molecular complexity index is 757. The van der Waals surface area contributed by atoms with E-state index in [2.05, 4.69) is 9.97 Å². The zero-order valence-electron chi connectivity index (χ0n) is 10.4. The number of anilines is 1. The van der Waals surface area contributed by atoms with Gasteiger partial charge in [-0.3, -0.25) is 14.2 Å². The molecule has 0 saturated carbocycles. The average Bonchev–Trinajstić information content (AvgIpc) is 2.96. The molecule has 1 saturated heterocycles. The summed E-state index contributed by atoms with van der Waals surface area (Å²) in [5, 5.41) is 9.89. The Balaban J connectivity index is 2.42. The van der Waals surface area contributed by atoms with Crippen LogP contribution in [0.2, 0.25) is 0 Å². The second kappa shape index (κ2) is 4.08. The molecule has 0 amide bonds. The smallest absolute Gasteiger partial charge is 0.349 e. The van der Waals surface area contributed by atoms with Crippen LogP contribution in [0.25, 0.3) is 11.2 Å². The summed E-state index contributed by atoms with van der Waals surface area (Å²) in [5.74, 6) is 0.484. The molecule has 2 aromatic rings. The van der Waals surface area contributed by atoms with Gasteiger partial charge in [0, 0.05) is 20.1 Å². The number of fused-ring (bicyclic) bond motifs is 1. The molecule has 0 radical (unpaired) electrons. The van der Waals surface area contributed by atoms with Crippen molar-refractivity contribution in [1.82, 2.24) is 19.3 Å². The number of hydrogen-bond acceptors (Lipinski definition) is 6. The molecular weight excluding hydrogens is 250 g/mol. The van der Waals surface area contributed by atoms with E-state index in [0.29, 0.717) is 10.5 Å². The Hall–Kier alpha value is -2.38. The number of rotatable bonds is 1. The molecule has 8 nitrogen and oxygen atoms in total. The van der Waals surface area contributed by atoms with Crippen LogP contribution in [0.15, 0.2) is 15.9 Å². The Kier molecular flexibility index (Phi) is 2.51. The van der Waals surface area contributed by atoms with Crippen molar-refractivity contribution >= 4 is 17.0 Å². The normalized spacial score (nSPS) is 15.3. The van der Waals surface area contributed by atoms with E-state index in [9.17, 15) is 14.8 Å². The van der Waals surface area contributed by atoms with Crippen molar-refractivity contribution in [2.45, 2.75) is 12.8 Å². The van der Waals surface area contributed by atoms with E-state index in [1.807, 2.05) is 4.90 Å². The lowest BCUT2D eigenvalue weighted by molar-refractivity contribution is 0.185. The summed E-state index contributed by atoms with van der Waals surface area (Å²) < 4.78 is 1.48. The molecule has 3 rings (SSSR count). The highest BCUT2D eigenvalue weighted by Crippen LogP contribution is 2.23. The number of aromatic nitrogens is 4. The molecule has 8 heteroatoms. The predicted molar refractivity (Wildman–Crippen MR) is 67.7 cm³/mol. The molecule has 0 aromatic carbocycles. The summed E-state index contributed by atoms with van der Waals surface area (Å²) in [4.78, 5) is 33.4. The lowest BCUT2D eigenvalue weighted by Gasteiger charge is -2.18. The third kappa shape index (κ3) is 1.60. The van der Waals surface area contributed by atoms with E-state index < -0.39 is 11.1 Å². The van der Waals surface area contributed by atoms with Crippen LogP contribution < -0.4 is 16.0 Å². The van der Waals surface area contributed by atoms with Crippen molar-refractivity contribution < 1.29 is 5.21 Å². The van der Waals surface area contributed by atoms with E-state index in [1.54, 1.807) is 0 Å². The molecule has 0 bridgehead atoms. The maximum Gasteiger partial charge on any atom is 0.349 e. The van der Waals surface area contributed by atoms with Crippen LogP contribution in [-0.4, -0.2) is 37.6 Å². The van der Waals surface area contributed by atoms with Crippen LogP contribution in [0.3, 0.4) is 0 Å². The largest absolute Gasteiger partial charge is 0.424 e. The minimum atomic E-state index is -0.995. The molecule has 1 fully saturated rings. The third-order valence-electron chi connectivity index (χ3n) is 3.40. The first kappa shape index (κ1) is 11.7. The second-order valence-electron chi connectivity index (χ2n) is 4.54. The molecule has 100 valence electrons. The van der Waals surface area contributed by atoms with Gasteiger partial charge in [0.15, 0.2) is 17.0 Å². The van der Waals surface area contributed by atoms with Gasteiger partial charge in [-0.1, -0.05) is 0 Å². The second-order valence-corrected chi connectivity index (χ2v) is 4.54. The van der Waals surface area contributed by atoms with Crippen LogP contribution in [-0.2, 0) is 7.05 Å². The van der Waals surface area contributed by atoms with E-state index in [4.69, 9.17) is 0 Å². The average molecular weight is 263 g/mol. The zero-order chi connectivity index (χ0) is 13.6. The SMILES string of the molecule is Cn1c(=O)c(=O)n(O)c2c(N3CCCC3)ncnc21. The topological polar surface area (TPSA) is 93.2 Å². The highest BCUT2D eigenvalue weighted by molar-refractivity contribution is 5.83. The first-order valence-electron chi connectivity index (χ1n) is 6.02. The van der Waals surface area contributed by atoms with Crippen LogP contribution >= 0.6 is 0 Å². The third-order valence-corrected chi connectivity index (χ3v) is 3.40. The van der Waals surface area contributed by atoms with E-state index in [0.717, 1.165) is 30.5 Å². The van der Waals surface area contributed by atoms with Gasteiger partial charge in [-0.25, -0.2) is 9.97 Å². The molecule has 0 unspecified atom stereocenters. The maximum atomic E-state index is 11.7. The van der Waals surface area contributed by atoms with Crippen molar-refractivity contribution in [3.63, 3.8) is 0 Å². The first-order valence-corrected chi connectivity index (χ1v) is 6.02. The Morgan fingerprint density at radius 3 is 2.53 bits per heavy atom. The van der Waals surface area contributed by atoms with Crippen LogP contribution in [0.4, 0.5) is 5.82 Å². The summed E-state index contributed by atoms with van der Waals surface area (Å²) in [6, 6.07) is 0. The van der Waals surface area contributed by atoms with Gasteiger partial charge in [0.1, 0.15) is 6.33 Å². The van der Waals surface area contributed by atoms with Gasteiger partial charge < -0.3 is 10.1 Å². The van der Waals surface area contributed by atoms with E-state index >= 15 is 0 Å². The minimum absolute atomic E-state index is 0.177. The van der Waals surface area contributed by atoms with E-state index in [1.165, 1.54) is 13.4 Å². The van der Waals surface area contributed by atoms with Crippen molar-refractivity contribution in [3.05, 3.63) is 27.0 Å². The van der Waals surface area contributed by atoms with Crippen LogP contribution in [0, 0.1) is 0 Å². The fraction of sp³-hybridized carbons (Fsp3) is 0.455. The molecule has 1 aliphatic heterocycles. The first-order chi connectivity index (χ1) is 9.11. The molecule has 0 atom stereocenters. The summed E-state index contributed by atoms with van der Waals surface area (Å²) in [6.07, 6.45) is 3.40. The van der Waals surface area contributed by atoms with Crippen molar-refractivity contribution in [3.8, 4) is 0 Å². The summed E-state index contributed by atoms with van der Waals surface area (Å²) in [7, 11) is 1.45. The van der Waals surface area contributed by atoms with Crippen LogP contribution in [0.1, 0.15) is 12.8 Å². The van der Waals surface area contributed by atoms with E-state index in [-0.39, 0.29) is 11.2 Å². The highest BCUT2D eigenvalue weighted by atomic mass is 16.5. The lowest BCUT2D eigenvalue weighted by atomic mass is 10.4. The summed E-state index contributed by atoms with van der Waals surface area (Å²) in [5.41, 5.74) is -1.40. The molecule has 19 heavy (non-hydrogen) atoms. The Morgan fingerprint density at radius 2 is 1.84 bits per heavy atom. The Labute approximate surface area is 107 Å². The number of nitrogens with zero attached hydrogens (tertiary/aromatic N) is 5. The molecule has 1 aliphatic rings. The molecule has 0 aliphatic carbocycles. The summed E-state index contributed by atoms with van der Waals surface area (Å²) >= 11 is 0. The Morgan fingerprint density at radius 1 is 1.16 bits per heavy atom. The standard InChI is InChI=1S/C11H13N5O3/c1-14-8-7(16(19)11(18)10(14)17)9(13-6-12-8)15-4-2-3-5-15/h6,19H,2-5H2,1H3. The van der Waals surface area contributed by atoms with Gasteiger partial charge in [-0.2, -0.15) is 0 Å².